The van der Waals surface area contributed by atoms with Crippen molar-refractivity contribution in [3.63, 3.8) is 0 Å². The SMILES string of the molecule is C=CCN(C(C)C)S(=O)(=O)c1ccc(CC(=O)O)s1. The first kappa shape index (κ1) is 15.9. The third kappa shape index (κ3) is 3.89. The van der Waals surface area contributed by atoms with Crippen LogP contribution in [-0.4, -0.2) is 36.4 Å². The lowest BCUT2D eigenvalue weighted by Crippen LogP contribution is -2.36. The summed E-state index contributed by atoms with van der Waals surface area (Å²) in [5.74, 6) is -0.974. The van der Waals surface area contributed by atoms with Gasteiger partial charge in [0.15, 0.2) is 0 Å². The Labute approximate surface area is 117 Å². The largest absolute Gasteiger partial charge is 0.481 e. The lowest BCUT2D eigenvalue weighted by Gasteiger charge is -2.23. The Balaban J connectivity index is 3.07. The van der Waals surface area contributed by atoms with Gasteiger partial charge in [-0.25, -0.2) is 8.42 Å². The second-order valence-corrected chi connectivity index (χ2v) is 7.53. The fourth-order valence-corrected chi connectivity index (χ4v) is 4.65. The number of aliphatic carboxylic acids is 1. The maximum absolute atomic E-state index is 12.4. The molecule has 5 nitrogen and oxygen atoms in total. The number of hydrogen-bond donors (Lipinski definition) is 1. The van der Waals surface area contributed by atoms with Gasteiger partial charge in [0.1, 0.15) is 4.21 Å². The fraction of sp³-hybridized carbons (Fsp3) is 0.417. The predicted octanol–water partition coefficient (Wildman–Crippen LogP) is 1.96. The first-order chi connectivity index (χ1) is 8.78. The average molecular weight is 303 g/mol. The molecule has 0 aliphatic heterocycles. The predicted molar refractivity (Wildman–Crippen MR) is 74.9 cm³/mol. The molecule has 0 unspecified atom stereocenters. The van der Waals surface area contributed by atoms with Crippen LogP contribution in [-0.2, 0) is 21.2 Å². The van der Waals surface area contributed by atoms with Crippen LogP contribution in [0.2, 0.25) is 0 Å². The van der Waals surface area contributed by atoms with Crippen molar-refractivity contribution in [2.75, 3.05) is 6.54 Å². The van der Waals surface area contributed by atoms with Crippen molar-refractivity contribution in [1.29, 1.82) is 0 Å². The molecule has 106 valence electrons. The number of nitrogens with zero attached hydrogens (tertiary/aromatic N) is 1. The molecular formula is C12H17NO4S2. The molecule has 0 amide bonds. The van der Waals surface area contributed by atoms with Crippen LogP contribution < -0.4 is 0 Å². The Morgan fingerprint density at radius 2 is 2.16 bits per heavy atom. The average Bonchev–Trinajstić information content (AvgIpc) is 2.73. The normalized spacial score (nSPS) is 12.0. The highest BCUT2D eigenvalue weighted by Gasteiger charge is 2.27. The van der Waals surface area contributed by atoms with Crippen molar-refractivity contribution in [3.8, 4) is 0 Å². The second-order valence-electron chi connectivity index (χ2n) is 4.25. The molecular weight excluding hydrogens is 286 g/mol. The van der Waals surface area contributed by atoms with E-state index in [2.05, 4.69) is 6.58 Å². The number of carboxylic acids is 1. The van der Waals surface area contributed by atoms with Gasteiger partial charge in [-0.15, -0.1) is 17.9 Å². The smallest absolute Gasteiger partial charge is 0.308 e. The van der Waals surface area contributed by atoms with E-state index in [1.807, 2.05) is 0 Å². The maximum atomic E-state index is 12.4. The molecule has 19 heavy (non-hydrogen) atoms. The molecule has 1 rings (SSSR count). The topological polar surface area (TPSA) is 74.7 Å². The zero-order chi connectivity index (χ0) is 14.6. The molecule has 0 saturated carbocycles. The summed E-state index contributed by atoms with van der Waals surface area (Å²) in [4.78, 5) is 11.1. The Kier molecular flexibility index (Phi) is 5.28. The maximum Gasteiger partial charge on any atom is 0.308 e. The monoisotopic (exact) mass is 303 g/mol. The van der Waals surface area contributed by atoms with Crippen LogP contribution in [0.5, 0.6) is 0 Å². The minimum atomic E-state index is -3.59. The van der Waals surface area contributed by atoms with Gasteiger partial charge in [0.2, 0.25) is 0 Å². The molecule has 0 aliphatic rings. The summed E-state index contributed by atoms with van der Waals surface area (Å²) < 4.78 is 26.3. The molecule has 0 aliphatic carbocycles. The number of rotatable bonds is 7. The number of carbonyl (C=O) groups is 1. The Morgan fingerprint density at radius 1 is 1.53 bits per heavy atom. The number of carboxylic acid groups (broad SMARTS) is 1. The van der Waals surface area contributed by atoms with E-state index < -0.39 is 16.0 Å². The summed E-state index contributed by atoms with van der Waals surface area (Å²) in [6, 6.07) is 2.81. The van der Waals surface area contributed by atoms with E-state index in [0.717, 1.165) is 11.3 Å². The van der Waals surface area contributed by atoms with E-state index in [1.165, 1.54) is 22.5 Å². The minimum absolute atomic E-state index is 0.163. The lowest BCUT2D eigenvalue weighted by molar-refractivity contribution is -0.136. The summed E-state index contributed by atoms with van der Waals surface area (Å²) in [6.07, 6.45) is 1.37. The highest BCUT2D eigenvalue weighted by atomic mass is 32.2. The number of sulfonamides is 1. The van der Waals surface area contributed by atoms with E-state index in [9.17, 15) is 13.2 Å². The van der Waals surface area contributed by atoms with Crippen LogP contribution in [0.4, 0.5) is 0 Å². The van der Waals surface area contributed by atoms with E-state index in [4.69, 9.17) is 5.11 Å². The molecule has 0 aromatic carbocycles. The molecule has 1 heterocycles. The Hall–Kier alpha value is -1.18. The van der Waals surface area contributed by atoms with Gasteiger partial charge in [-0.2, -0.15) is 4.31 Å². The summed E-state index contributed by atoms with van der Waals surface area (Å²) >= 11 is 0.995. The van der Waals surface area contributed by atoms with Gasteiger partial charge in [0.05, 0.1) is 6.42 Å². The number of thiophene rings is 1. The van der Waals surface area contributed by atoms with E-state index in [1.54, 1.807) is 13.8 Å². The third-order valence-corrected chi connectivity index (χ3v) is 6.00. The van der Waals surface area contributed by atoms with Crippen LogP contribution in [0, 0.1) is 0 Å². The third-order valence-electron chi connectivity index (χ3n) is 2.41. The summed E-state index contributed by atoms with van der Waals surface area (Å²) in [6.45, 7) is 7.35. The van der Waals surface area contributed by atoms with E-state index in [-0.39, 0.29) is 23.2 Å². The first-order valence-electron chi connectivity index (χ1n) is 5.72. The first-order valence-corrected chi connectivity index (χ1v) is 7.98. The molecule has 7 heteroatoms. The van der Waals surface area contributed by atoms with Crippen LogP contribution in [0.1, 0.15) is 18.7 Å². The van der Waals surface area contributed by atoms with Gasteiger partial charge in [-0.3, -0.25) is 4.79 Å². The van der Waals surface area contributed by atoms with E-state index in [0.29, 0.717) is 4.88 Å². The molecule has 1 N–H and O–H groups in total. The van der Waals surface area contributed by atoms with Crippen molar-refractivity contribution in [1.82, 2.24) is 4.31 Å². The second kappa shape index (κ2) is 6.31. The fourth-order valence-electron chi connectivity index (χ4n) is 1.57. The van der Waals surface area contributed by atoms with Crippen LogP contribution in [0.3, 0.4) is 0 Å². The summed E-state index contributed by atoms with van der Waals surface area (Å²) in [5, 5.41) is 8.69. The molecule has 0 atom stereocenters. The van der Waals surface area contributed by atoms with Gasteiger partial charge in [-0.1, -0.05) is 6.08 Å². The van der Waals surface area contributed by atoms with Crippen molar-refractivity contribution < 1.29 is 18.3 Å². The summed E-state index contributed by atoms with van der Waals surface area (Å²) in [5.41, 5.74) is 0. The molecule has 0 fully saturated rings. The minimum Gasteiger partial charge on any atom is -0.481 e. The molecule has 0 bridgehead atoms. The highest BCUT2D eigenvalue weighted by molar-refractivity contribution is 7.91. The zero-order valence-electron chi connectivity index (χ0n) is 10.9. The molecule has 0 saturated heterocycles. The van der Waals surface area contributed by atoms with Gasteiger partial charge in [0, 0.05) is 17.5 Å². The quantitative estimate of drug-likeness (QED) is 0.781. The van der Waals surface area contributed by atoms with Crippen LogP contribution in [0.25, 0.3) is 0 Å². The summed E-state index contributed by atoms with van der Waals surface area (Å²) in [7, 11) is -3.59. The molecule has 0 spiro atoms. The number of hydrogen-bond acceptors (Lipinski definition) is 4. The Morgan fingerprint density at radius 3 is 2.63 bits per heavy atom. The molecule has 1 aromatic rings. The van der Waals surface area contributed by atoms with Crippen molar-refractivity contribution >= 4 is 27.3 Å². The lowest BCUT2D eigenvalue weighted by atomic mass is 10.3. The highest BCUT2D eigenvalue weighted by Crippen LogP contribution is 2.26. The molecule has 1 aromatic heterocycles. The Bertz CT molecular complexity index is 560. The van der Waals surface area contributed by atoms with Gasteiger partial charge >= 0.3 is 5.97 Å². The van der Waals surface area contributed by atoms with Crippen molar-refractivity contribution in [2.45, 2.75) is 30.5 Å². The van der Waals surface area contributed by atoms with Gasteiger partial charge in [-0.05, 0) is 26.0 Å². The standard InChI is InChI=1S/C12H17NO4S2/c1-4-7-13(9(2)3)19(16,17)12-6-5-10(18-12)8-11(14)15/h4-6,9H,1,7-8H2,2-3H3,(H,14,15). The van der Waals surface area contributed by atoms with Crippen LogP contribution in [0.15, 0.2) is 29.0 Å². The van der Waals surface area contributed by atoms with Crippen molar-refractivity contribution in [3.05, 3.63) is 29.7 Å². The van der Waals surface area contributed by atoms with Gasteiger partial charge < -0.3 is 5.11 Å². The molecule has 0 radical (unpaired) electrons. The van der Waals surface area contributed by atoms with E-state index >= 15 is 0 Å². The zero-order valence-corrected chi connectivity index (χ0v) is 12.5. The van der Waals surface area contributed by atoms with Gasteiger partial charge in [0.25, 0.3) is 10.0 Å². The van der Waals surface area contributed by atoms with Crippen LogP contribution >= 0.6 is 11.3 Å². The van der Waals surface area contributed by atoms with Crippen molar-refractivity contribution in [2.24, 2.45) is 0 Å².